The molecule has 1 fully saturated rings. The Bertz CT molecular complexity index is 571. The van der Waals surface area contributed by atoms with Gasteiger partial charge in [-0.1, -0.05) is 15.9 Å². The van der Waals surface area contributed by atoms with Gasteiger partial charge in [-0.2, -0.15) is 4.31 Å². The van der Waals surface area contributed by atoms with Crippen molar-refractivity contribution in [1.29, 1.82) is 0 Å². The summed E-state index contributed by atoms with van der Waals surface area (Å²) >= 11 is 3.27. The second-order valence-electron chi connectivity index (χ2n) is 4.46. The summed E-state index contributed by atoms with van der Waals surface area (Å²) in [4.78, 5) is 13.6. The molecule has 1 saturated heterocycles. The molecule has 19 heavy (non-hydrogen) atoms. The van der Waals surface area contributed by atoms with Crippen LogP contribution in [0.25, 0.3) is 0 Å². The Morgan fingerprint density at radius 3 is 2.42 bits per heavy atom. The summed E-state index contributed by atoms with van der Waals surface area (Å²) in [6.07, 6.45) is 0.651. The maximum atomic E-state index is 12.4. The second-order valence-corrected chi connectivity index (χ2v) is 7.31. The van der Waals surface area contributed by atoms with Gasteiger partial charge in [0.25, 0.3) is 0 Å². The summed E-state index contributed by atoms with van der Waals surface area (Å²) in [7, 11) is -1.90. The van der Waals surface area contributed by atoms with Crippen LogP contribution in [0.1, 0.15) is 6.42 Å². The lowest BCUT2D eigenvalue weighted by Gasteiger charge is -2.19. The smallest absolute Gasteiger partial charge is 0.243 e. The number of likely N-dealkylation sites (N-methyl/N-ethyl adjacent to an activating group) is 1. The minimum atomic E-state index is -3.59. The van der Waals surface area contributed by atoms with Crippen molar-refractivity contribution in [2.45, 2.75) is 11.3 Å². The van der Waals surface area contributed by atoms with Gasteiger partial charge in [0, 0.05) is 24.6 Å². The zero-order valence-corrected chi connectivity index (χ0v) is 12.9. The van der Waals surface area contributed by atoms with Crippen molar-refractivity contribution >= 4 is 31.9 Å². The van der Waals surface area contributed by atoms with E-state index >= 15 is 0 Å². The Morgan fingerprint density at radius 2 is 1.79 bits per heavy atom. The number of benzene rings is 1. The van der Waals surface area contributed by atoms with Gasteiger partial charge in [0.2, 0.25) is 15.9 Å². The van der Waals surface area contributed by atoms with Crippen molar-refractivity contribution in [3.63, 3.8) is 0 Å². The first-order chi connectivity index (χ1) is 8.91. The minimum absolute atomic E-state index is 0.0884. The summed E-state index contributed by atoms with van der Waals surface area (Å²) in [5, 5.41) is 0. The van der Waals surface area contributed by atoms with E-state index in [2.05, 4.69) is 15.9 Å². The Labute approximate surface area is 121 Å². The molecular formula is C12H15BrN2O3S. The predicted molar refractivity (Wildman–Crippen MR) is 75.2 cm³/mol. The van der Waals surface area contributed by atoms with E-state index in [-0.39, 0.29) is 17.3 Å². The SMILES string of the molecule is CN1CCCN(S(=O)(=O)c2ccc(Br)cc2)CC1=O. The standard InChI is InChI=1S/C12H15BrN2O3S/c1-14-7-2-8-15(9-12(14)16)19(17,18)11-5-3-10(13)4-6-11/h3-6H,2,7-9H2,1H3. The summed E-state index contributed by atoms with van der Waals surface area (Å²) in [5.74, 6) is -0.168. The highest BCUT2D eigenvalue weighted by molar-refractivity contribution is 9.10. The zero-order valence-electron chi connectivity index (χ0n) is 10.5. The monoisotopic (exact) mass is 346 g/mol. The van der Waals surface area contributed by atoms with E-state index < -0.39 is 10.0 Å². The van der Waals surface area contributed by atoms with Crippen LogP contribution >= 0.6 is 15.9 Å². The maximum Gasteiger partial charge on any atom is 0.243 e. The summed E-state index contributed by atoms with van der Waals surface area (Å²) in [6, 6.07) is 6.44. The largest absolute Gasteiger partial charge is 0.345 e. The molecule has 1 heterocycles. The Morgan fingerprint density at radius 1 is 1.16 bits per heavy atom. The first-order valence-corrected chi connectivity index (χ1v) is 8.14. The van der Waals surface area contributed by atoms with Crippen molar-refractivity contribution in [2.75, 3.05) is 26.7 Å². The highest BCUT2D eigenvalue weighted by Gasteiger charge is 2.29. The number of rotatable bonds is 2. The number of halogens is 1. The van der Waals surface area contributed by atoms with Crippen LogP contribution in [0.15, 0.2) is 33.6 Å². The molecule has 104 valence electrons. The third kappa shape index (κ3) is 3.16. The maximum absolute atomic E-state index is 12.4. The van der Waals surface area contributed by atoms with Crippen molar-refractivity contribution < 1.29 is 13.2 Å². The van der Waals surface area contributed by atoms with Crippen LogP contribution in [0.5, 0.6) is 0 Å². The van der Waals surface area contributed by atoms with E-state index in [0.29, 0.717) is 19.5 Å². The first-order valence-electron chi connectivity index (χ1n) is 5.91. The molecule has 1 aliphatic heterocycles. The van der Waals surface area contributed by atoms with Crippen LogP contribution in [0, 0.1) is 0 Å². The molecule has 0 spiro atoms. The van der Waals surface area contributed by atoms with Gasteiger partial charge in [0.05, 0.1) is 11.4 Å². The molecule has 1 aliphatic rings. The third-order valence-corrected chi connectivity index (χ3v) is 5.48. The van der Waals surface area contributed by atoms with Crippen LogP contribution < -0.4 is 0 Å². The average molecular weight is 347 g/mol. The molecule has 7 heteroatoms. The molecule has 0 radical (unpaired) electrons. The van der Waals surface area contributed by atoms with Gasteiger partial charge in [-0.05, 0) is 30.7 Å². The lowest BCUT2D eigenvalue weighted by molar-refractivity contribution is -0.129. The topological polar surface area (TPSA) is 57.7 Å². The lowest BCUT2D eigenvalue weighted by Crippen LogP contribution is -2.37. The lowest BCUT2D eigenvalue weighted by atomic mass is 10.4. The molecule has 0 saturated carbocycles. The number of carbonyl (C=O) groups is 1. The summed E-state index contributed by atoms with van der Waals surface area (Å²) < 4.78 is 27.0. The van der Waals surface area contributed by atoms with E-state index in [0.717, 1.165) is 4.47 Å². The fraction of sp³-hybridized carbons (Fsp3) is 0.417. The quantitative estimate of drug-likeness (QED) is 0.810. The van der Waals surface area contributed by atoms with E-state index in [1.165, 1.54) is 4.31 Å². The molecule has 1 aromatic carbocycles. The van der Waals surface area contributed by atoms with Crippen LogP contribution in [-0.4, -0.2) is 50.2 Å². The molecule has 1 aromatic rings. The number of nitrogens with zero attached hydrogens (tertiary/aromatic N) is 2. The first kappa shape index (κ1) is 14.5. The number of carbonyl (C=O) groups excluding carboxylic acids is 1. The van der Waals surface area contributed by atoms with Crippen LogP contribution in [0.4, 0.5) is 0 Å². The van der Waals surface area contributed by atoms with Gasteiger partial charge in [-0.3, -0.25) is 4.79 Å². The van der Waals surface area contributed by atoms with Gasteiger partial charge in [-0.15, -0.1) is 0 Å². The van der Waals surface area contributed by atoms with Crippen molar-refractivity contribution in [2.24, 2.45) is 0 Å². The van der Waals surface area contributed by atoms with Gasteiger partial charge in [-0.25, -0.2) is 8.42 Å². The molecule has 0 aromatic heterocycles. The molecule has 0 bridgehead atoms. The average Bonchev–Trinajstić information content (AvgIpc) is 2.53. The van der Waals surface area contributed by atoms with E-state index in [4.69, 9.17) is 0 Å². The van der Waals surface area contributed by atoms with Crippen molar-refractivity contribution in [3.8, 4) is 0 Å². The molecule has 5 nitrogen and oxygen atoms in total. The van der Waals surface area contributed by atoms with Gasteiger partial charge in [0.1, 0.15) is 0 Å². The van der Waals surface area contributed by atoms with E-state index in [1.54, 1.807) is 36.2 Å². The Balaban J connectivity index is 2.28. The highest BCUT2D eigenvalue weighted by atomic mass is 79.9. The Kier molecular flexibility index (Phi) is 4.27. The van der Waals surface area contributed by atoms with Crippen LogP contribution in [0.2, 0.25) is 0 Å². The molecule has 0 aliphatic carbocycles. The molecule has 0 atom stereocenters. The van der Waals surface area contributed by atoms with Crippen molar-refractivity contribution in [3.05, 3.63) is 28.7 Å². The Hall–Kier alpha value is -0.920. The molecule has 0 N–H and O–H groups in total. The number of hydrogen-bond acceptors (Lipinski definition) is 3. The number of amides is 1. The van der Waals surface area contributed by atoms with Gasteiger partial charge < -0.3 is 4.90 Å². The minimum Gasteiger partial charge on any atom is -0.345 e. The fourth-order valence-corrected chi connectivity index (χ4v) is 3.61. The zero-order chi connectivity index (χ0) is 14.0. The van der Waals surface area contributed by atoms with Gasteiger partial charge >= 0.3 is 0 Å². The van der Waals surface area contributed by atoms with Gasteiger partial charge in [0.15, 0.2) is 0 Å². The molecular weight excluding hydrogens is 332 g/mol. The van der Waals surface area contributed by atoms with E-state index in [1.807, 2.05) is 0 Å². The number of sulfonamides is 1. The molecule has 2 rings (SSSR count). The normalized spacial score (nSPS) is 18.4. The third-order valence-electron chi connectivity index (χ3n) is 3.09. The molecule has 0 unspecified atom stereocenters. The summed E-state index contributed by atoms with van der Waals surface area (Å²) in [6.45, 7) is 0.870. The second kappa shape index (κ2) is 5.60. The highest BCUT2D eigenvalue weighted by Crippen LogP contribution is 2.20. The molecule has 1 amide bonds. The van der Waals surface area contributed by atoms with Crippen LogP contribution in [-0.2, 0) is 14.8 Å². The number of hydrogen-bond donors (Lipinski definition) is 0. The fourth-order valence-electron chi connectivity index (χ4n) is 1.92. The predicted octanol–water partition coefficient (Wildman–Crippen LogP) is 1.30. The summed E-state index contributed by atoms with van der Waals surface area (Å²) in [5.41, 5.74) is 0. The van der Waals surface area contributed by atoms with Crippen LogP contribution in [0.3, 0.4) is 0 Å². The van der Waals surface area contributed by atoms with E-state index in [9.17, 15) is 13.2 Å². The van der Waals surface area contributed by atoms with Crippen molar-refractivity contribution in [1.82, 2.24) is 9.21 Å².